The summed E-state index contributed by atoms with van der Waals surface area (Å²) in [5.74, 6) is -1.05. The van der Waals surface area contributed by atoms with Crippen LogP contribution in [-0.4, -0.2) is 37.2 Å². The highest BCUT2D eigenvalue weighted by molar-refractivity contribution is 5.71. The van der Waals surface area contributed by atoms with Crippen molar-refractivity contribution in [2.24, 2.45) is 0 Å². The Hall–Kier alpha value is -3.41. The van der Waals surface area contributed by atoms with Crippen molar-refractivity contribution >= 4 is 17.9 Å². The zero-order valence-corrected chi connectivity index (χ0v) is 36.1. The predicted molar refractivity (Wildman–Crippen MR) is 237 cm³/mol. The first-order valence-corrected chi connectivity index (χ1v) is 22.7. The van der Waals surface area contributed by atoms with Crippen LogP contribution in [0.2, 0.25) is 0 Å². The lowest BCUT2D eigenvalue weighted by Gasteiger charge is -2.18. The lowest BCUT2D eigenvalue weighted by atomic mass is 10.1. The van der Waals surface area contributed by atoms with Gasteiger partial charge >= 0.3 is 17.9 Å². The molecule has 0 aliphatic rings. The smallest absolute Gasteiger partial charge is 0.306 e. The molecule has 6 nitrogen and oxygen atoms in total. The maximum absolute atomic E-state index is 12.7. The Morgan fingerprint density at radius 2 is 0.732 bits per heavy atom. The van der Waals surface area contributed by atoms with E-state index in [2.05, 4.69) is 51.2 Å². The minimum atomic E-state index is -0.825. The van der Waals surface area contributed by atoms with Crippen molar-refractivity contribution in [3.05, 3.63) is 85.1 Å². The molecular formula is C50H82O6. The molecule has 318 valence electrons. The highest BCUT2D eigenvalue weighted by atomic mass is 16.6. The van der Waals surface area contributed by atoms with E-state index in [1.54, 1.807) is 0 Å². The third-order valence-electron chi connectivity index (χ3n) is 9.23. The minimum Gasteiger partial charge on any atom is -0.462 e. The van der Waals surface area contributed by atoms with Gasteiger partial charge in [-0.25, -0.2) is 0 Å². The van der Waals surface area contributed by atoms with Crippen molar-refractivity contribution in [1.82, 2.24) is 0 Å². The number of carbonyl (C=O) groups is 3. The first-order valence-electron chi connectivity index (χ1n) is 22.7. The van der Waals surface area contributed by atoms with Crippen LogP contribution in [0.3, 0.4) is 0 Å². The second-order valence-corrected chi connectivity index (χ2v) is 14.7. The van der Waals surface area contributed by atoms with Gasteiger partial charge in [-0.2, -0.15) is 0 Å². The number of allylic oxidation sites excluding steroid dienone is 14. The molecule has 0 N–H and O–H groups in total. The van der Waals surface area contributed by atoms with Crippen LogP contribution in [0, 0.1) is 0 Å². The summed E-state index contributed by atoms with van der Waals surface area (Å²) in [7, 11) is 0. The highest BCUT2D eigenvalue weighted by Crippen LogP contribution is 2.12. The lowest BCUT2D eigenvalue weighted by molar-refractivity contribution is -0.167. The molecule has 0 heterocycles. The lowest BCUT2D eigenvalue weighted by Crippen LogP contribution is -2.30. The molecule has 0 fully saturated rings. The zero-order chi connectivity index (χ0) is 40.8. The van der Waals surface area contributed by atoms with E-state index >= 15 is 0 Å². The van der Waals surface area contributed by atoms with Gasteiger partial charge in [0.1, 0.15) is 13.2 Å². The fourth-order valence-electron chi connectivity index (χ4n) is 5.82. The fraction of sp³-hybridized carbons (Fsp3) is 0.660. The summed E-state index contributed by atoms with van der Waals surface area (Å²) in [5.41, 5.74) is 0. The summed E-state index contributed by atoms with van der Waals surface area (Å²) >= 11 is 0. The number of unbranched alkanes of at least 4 members (excludes halogenated alkanes) is 18. The molecule has 0 aromatic rings. The van der Waals surface area contributed by atoms with Crippen molar-refractivity contribution < 1.29 is 28.6 Å². The normalized spacial score (nSPS) is 12.8. The number of esters is 3. The molecule has 0 saturated carbocycles. The Kier molecular flexibility index (Phi) is 41.6. The van der Waals surface area contributed by atoms with E-state index in [1.807, 2.05) is 54.7 Å². The summed E-state index contributed by atoms with van der Waals surface area (Å²) in [6.45, 7) is 6.33. The average Bonchev–Trinajstić information content (AvgIpc) is 3.19. The Morgan fingerprint density at radius 1 is 0.375 bits per heavy atom. The van der Waals surface area contributed by atoms with Gasteiger partial charge in [0, 0.05) is 19.3 Å². The van der Waals surface area contributed by atoms with Crippen molar-refractivity contribution in [1.29, 1.82) is 0 Å². The van der Waals surface area contributed by atoms with Gasteiger partial charge in [-0.3, -0.25) is 14.4 Å². The van der Waals surface area contributed by atoms with Gasteiger partial charge in [-0.1, -0.05) is 183 Å². The fourth-order valence-corrected chi connectivity index (χ4v) is 5.82. The first-order chi connectivity index (χ1) is 27.5. The number of hydrogen-bond donors (Lipinski definition) is 0. The maximum atomic E-state index is 12.7. The maximum Gasteiger partial charge on any atom is 0.306 e. The largest absolute Gasteiger partial charge is 0.462 e. The predicted octanol–water partition coefficient (Wildman–Crippen LogP) is 14.5. The van der Waals surface area contributed by atoms with Gasteiger partial charge in [-0.05, 0) is 77.0 Å². The molecule has 0 aromatic heterocycles. The molecular weight excluding hydrogens is 697 g/mol. The van der Waals surface area contributed by atoms with E-state index < -0.39 is 12.1 Å². The summed E-state index contributed by atoms with van der Waals surface area (Å²) in [4.78, 5) is 37.6. The molecule has 0 aliphatic heterocycles. The van der Waals surface area contributed by atoms with Crippen LogP contribution in [-0.2, 0) is 28.6 Å². The van der Waals surface area contributed by atoms with Gasteiger partial charge in [0.25, 0.3) is 0 Å². The van der Waals surface area contributed by atoms with Crippen LogP contribution >= 0.6 is 0 Å². The molecule has 6 heteroatoms. The molecule has 0 saturated heterocycles. The van der Waals surface area contributed by atoms with Crippen LogP contribution in [0.4, 0.5) is 0 Å². The van der Waals surface area contributed by atoms with Gasteiger partial charge in [0.15, 0.2) is 6.10 Å². The van der Waals surface area contributed by atoms with E-state index in [0.29, 0.717) is 25.7 Å². The Balaban J connectivity index is 4.50. The van der Waals surface area contributed by atoms with Crippen LogP contribution in [0.1, 0.15) is 194 Å². The van der Waals surface area contributed by atoms with E-state index in [1.165, 1.54) is 83.5 Å². The Morgan fingerprint density at radius 3 is 1.23 bits per heavy atom. The monoisotopic (exact) mass is 779 g/mol. The van der Waals surface area contributed by atoms with Crippen LogP contribution in [0.25, 0.3) is 0 Å². The molecule has 0 bridgehead atoms. The molecule has 56 heavy (non-hydrogen) atoms. The van der Waals surface area contributed by atoms with E-state index in [-0.39, 0.29) is 31.6 Å². The molecule has 0 rings (SSSR count). The average molecular weight is 779 g/mol. The second-order valence-electron chi connectivity index (χ2n) is 14.7. The summed E-state index contributed by atoms with van der Waals surface area (Å²) in [6, 6.07) is 0. The van der Waals surface area contributed by atoms with E-state index in [9.17, 15) is 14.4 Å². The van der Waals surface area contributed by atoms with Gasteiger partial charge in [-0.15, -0.1) is 0 Å². The minimum absolute atomic E-state index is 0.119. The van der Waals surface area contributed by atoms with E-state index in [0.717, 1.165) is 57.8 Å². The third kappa shape index (κ3) is 41.7. The summed E-state index contributed by atoms with van der Waals surface area (Å²) < 4.78 is 16.6. The third-order valence-corrected chi connectivity index (χ3v) is 9.23. The SMILES string of the molecule is CC\C=C/C=C\C=C/C=C\C=C/CCCC(=O)OC(COC(=O)CCC/C=C\CCCCCC)COC(=O)CCCCCCC/C=C\CCCCCCCCC. The summed E-state index contributed by atoms with van der Waals surface area (Å²) in [6.07, 6.45) is 55.9. The number of ether oxygens (including phenoxy) is 3. The number of rotatable bonds is 39. The van der Waals surface area contributed by atoms with Crippen molar-refractivity contribution in [3.63, 3.8) is 0 Å². The zero-order valence-electron chi connectivity index (χ0n) is 36.1. The highest BCUT2D eigenvalue weighted by Gasteiger charge is 2.19. The number of hydrogen-bond acceptors (Lipinski definition) is 6. The van der Waals surface area contributed by atoms with Crippen molar-refractivity contribution in [3.8, 4) is 0 Å². The molecule has 0 aromatic carbocycles. The van der Waals surface area contributed by atoms with Crippen molar-refractivity contribution in [2.45, 2.75) is 200 Å². The topological polar surface area (TPSA) is 78.9 Å². The summed E-state index contributed by atoms with van der Waals surface area (Å²) in [5, 5.41) is 0. The molecule has 0 radical (unpaired) electrons. The van der Waals surface area contributed by atoms with E-state index in [4.69, 9.17) is 14.2 Å². The quantitative estimate of drug-likeness (QED) is 0.0203. The van der Waals surface area contributed by atoms with Crippen LogP contribution in [0.15, 0.2) is 85.1 Å². The van der Waals surface area contributed by atoms with Gasteiger partial charge < -0.3 is 14.2 Å². The van der Waals surface area contributed by atoms with Gasteiger partial charge in [0.2, 0.25) is 0 Å². The van der Waals surface area contributed by atoms with Crippen LogP contribution < -0.4 is 0 Å². The molecule has 1 atom stereocenters. The standard InChI is InChI=1S/C50H82O6/c1-4-7-10-13-16-19-21-23-24-25-27-28-31-34-37-40-43-49(52)55-46-47(45-54-48(51)42-39-36-33-30-18-15-12-9-6-3)56-50(53)44-41-38-35-32-29-26-22-20-17-14-11-8-5-2/h8,11,14,17,20,22,24-26,29-30,32-33,35,47H,4-7,9-10,12-13,15-16,18-19,21,23,27-28,31,34,36-46H2,1-3H3/b11-8-,17-14-,22-20-,25-24-,29-26-,33-30-,35-32-. The molecule has 0 spiro atoms. The Bertz CT molecular complexity index is 1120. The Labute approximate surface area is 344 Å². The van der Waals surface area contributed by atoms with Crippen molar-refractivity contribution in [2.75, 3.05) is 13.2 Å². The second kappa shape index (κ2) is 44.3. The molecule has 1 unspecified atom stereocenters. The molecule has 0 amide bonds. The van der Waals surface area contributed by atoms with Gasteiger partial charge in [0.05, 0.1) is 0 Å². The number of carbonyl (C=O) groups excluding carboxylic acids is 3. The van der Waals surface area contributed by atoms with Crippen LogP contribution in [0.5, 0.6) is 0 Å². The first kappa shape index (κ1) is 52.6. The molecule has 0 aliphatic carbocycles.